The van der Waals surface area contributed by atoms with Crippen LogP contribution in [0.15, 0.2) is 36.5 Å². The van der Waals surface area contributed by atoms with Crippen LogP contribution in [0.5, 0.6) is 0 Å². The van der Waals surface area contributed by atoms with E-state index in [4.69, 9.17) is 0 Å². The van der Waals surface area contributed by atoms with Crippen LogP contribution in [-0.4, -0.2) is 51.8 Å². The van der Waals surface area contributed by atoms with Crippen LogP contribution in [0.3, 0.4) is 0 Å². The zero-order chi connectivity index (χ0) is 22.3. The molecule has 2 aromatic heterocycles. The Morgan fingerprint density at radius 2 is 1.87 bits per heavy atom. The van der Waals surface area contributed by atoms with Gasteiger partial charge in [0.15, 0.2) is 5.69 Å². The number of alkyl halides is 3. The molecule has 1 aliphatic heterocycles. The quantitative estimate of drug-likeness (QED) is 0.628. The molecule has 0 N–H and O–H groups in total. The lowest BCUT2D eigenvalue weighted by Crippen LogP contribution is -2.45. The van der Waals surface area contributed by atoms with Crippen molar-refractivity contribution in [3.8, 4) is 0 Å². The van der Waals surface area contributed by atoms with Crippen LogP contribution in [0.1, 0.15) is 34.6 Å². The van der Waals surface area contributed by atoms with Crippen molar-refractivity contribution < 1.29 is 18.0 Å². The van der Waals surface area contributed by atoms with E-state index in [1.54, 1.807) is 35.9 Å². The van der Waals surface area contributed by atoms with Crippen molar-refractivity contribution in [2.75, 3.05) is 25.0 Å². The Morgan fingerprint density at radius 3 is 2.48 bits per heavy atom. The van der Waals surface area contributed by atoms with E-state index in [0.29, 0.717) is 29.7 Å². The van der Waals surface area contributed by atoms with Crippen molar-refractivity contribution in [2.24, 2.45) is 7.05 Å². The van der Waals surface area contributed by atoms with Crippen molar-refractivity contribution in [3.63, 3.8) is 0 Å². The number of hydrogen-bond donors (Lipinski definition) is 0. The predicted molar refractivity (Wildman–Crippen MR) is 112 cm³/mol. The average Bonchev–Trinajstić information content (AvgIpc) is 3.09. The molecule has 1 fully saturated rings. The van der Waals surface area contributed by atoms with Gasteiger partial charge in [0.25, 0.3) is 5.91 Å². The van der Waals surface area contributed by atoms with Gasteiger partial charge in [0.05, 0.1) is 11.1 Å². The normalized spacial score (nSPS) is 15.5. The lowest BCUT2D eigenvalue weighted by atomic mass is 10.0. The first-order valence-electron chi connectivity index (χ1n) is 10.1. The number of benzene rings is 1. The van der Waals surface area contributed by atoms with Crippen LogP contribution in [0.2, 0.25) is 0 Å². The Bertz CT molecular complexity index is 1100. The Hall–Kier alpha value is -3.10. The number of aromatic nitrogens is 3. The van der Waals surface area contributed by atoms with Crippen LogP contribution in [0.25, 0.3) is 10.9 Å². The first-order chi connectivity index (χ1) is 14.6. The number of pyridine rings is 1. The van der Waals surface area contributed by atoms with Crippen molar-refractivity contribution >= 4 is 22.5 Å². The van der Waals surface area contributed by atoms with Gasteiger partial charge in [-0.05, 0) is 44.0 Å². The van der Waals surface area contributed by atoms with Crippen LogP contribution >= 0.6 is 0 Å². The molecule has 1 saturated heterocycles. The molecule has 3 heterocycles. The molecule has 3 aromatic rings. The molecule has 1 aromatic carbocycles. The Labute approximate surface area is 178 Å². The number of hydrogen-bond acceptors (Lipinski definition) is 4. The molecule has 4 rings (SSSR count). The molecule has 164 valence electrons. The summed E-state index contributed by atoms with van der Waals surface area (Å²) in [5, 5.41) is 4.97. The molecule has 1 aliphatic rings. The highest BCUT2D eigenvalue weighted by molar-refractivity contribution is 5.93. The average molecular weight is 431 g/mol. The van der Waals surface area contributed by atoms with E-state index in [1.165, 1.54) is 6.07 Å². The number of rotatable bonds is 3. The first-order valence-corrected chi connectivity index (χ1v) is 10.1. The molecule has 31 heavy (non-hydrogen) atoms. The largest absolute Gasteiger partial charge is 0.416 e. The highest BCUT2D eigenvalue weighted by Crippen LogP contribution is 2.34. The van der Waals surface area contributed by atoms with E-state index in [2.05, 4.69) is 15.0 Å². The molecule has 0 spiro atoms. The summed E-state index contributed by atoms with van der Waals surface area (Å²) < 4.78 is 40.8. The lowest BCUT2D eigenvalue weighted by molar-refractivity contribution is -0.137. The topological polar surface area (TPSA) is 54.3 Å². The van der Waals surface area contributed by atoms with E-state index in [1.807, 2.05) is 13.0 Å². The zero-order valence-electron chi connectivity index (χ0n) is 17.6. The number of fused-ring (bicyclic) bond motifs is 1. The number of piperidine rings is 1. The van der Waals surface area contributed by atoms with Gasteiger partial charge in [-0.15, -0.1) is 0 Å². The van der Waals surface area contributed by atoms with E-state index in [-0.39, 0.29) is 11.9 Å². The maximum absolute atomic E-state index is 13.0. The summed E-state index contributed by atoms with van der Waals surface area (Å²) in [6, 6.07) is 7.38. The number of anilines is 1. The minimum absolute atomic E-state index is 0.0796. The molecule has 0 unspecified atom stereocenters. The minimum Gasteiger partial charge on any atom is -0.371 e. The van der Waals surface area contributed by atoms with Crippen LogP contribution in [0.4, 0.5) is 18.9 Å². The van der Waals surface area contributed by atoms with Gasteiger partial charge in [-0.25, -0.2) is 0 Å². The predicted octanol–water partition coefficient (Wildman–Crippen LogP) is 4.04. The van der Waals surface area contributed by atoms with Gasteiger partial charge in [-0.1, -0.05) is 6.07 Å². The number of carbonyl (C=O) groups excluding carboxylic acids is 1. The number of aryl methyl sites for hydroxylation is 2. The summed E-state index contributed by atoms with van der Waals surface area (Å²) in [6.45, 7) is 3.30. The summed E-state index contributed by atoms with van der Waals surface area (Å²) in [5.74, 6) is -0.101. The van der Waals surface area contributed by atoms with Crippen LogP contribution in [-0.2, 0) is 13.2 Å². The van der Waals surface area contributed by atoms with Gasteiger partial charge in [-0.2, -0.15) is 18.3 Å². The molecule has 0 saturated carbocycles. The standard InChI is InChI=1S/C22H24F3N5O/c1-14-12-19(27-29(14)3)21(31)28(2)16-7-10-30(11-8-16)20-6-9-26-18-13-15(22(23,24)25)4-5-17(18)20/h4-6,9,12-13,16H,7-8,10-11H2,1-3H3. The summed E-state index contributed by atoms with van der Waals surface area (Å²) in [5.41, 5.74) is 1.85. The summed E-state index contributed by atoms with van der Waals surface area (Å²) >= 11 is 0. The molecule has 9 heteroatoms. The molecule has 0 bridgehead atoms. The fourth-order valence-corrected chi connectivity index (χ4v) is 4.09. The first kappa shape index (κ1) is 21.1. The molecular formula is C22H24F3N5O. The Kier molecular flexibility index (Phi) is 5.36. The molecule has 0 aliphatic carbocycles. The highest BCUT2D eigenvalue weighted by atomic mass is 19.4. The van der Waals surface area contributed by atoms with Crippen LogP contribution in [0, 0.1) is 6.92 Å². The fraction of sp³-hybridized carbons (Fsp3) is 0.409. The monoisotopic (exact) mass is 431 g/mol. The van der Waals surface area contributed by atoms with Gasteiger partial charge in [0.1, 0.15) is 0 Å². The third-order valence-electron chi connectivity index (χ3n) is 6.05. The second kappa shape index (κ2) is 7.86. The third kappa shape index (κ3) is 4.08. The lowest BCUT2D eigenvalue weighted by Gasteiger charge is -2.38. The van der Waals surface area contributed by atoms with E-state index in [9.17, 15) is 18.0 Å². The van der Waals surface area contributed by atoms with Gasteiger partial charge in [0.2, 0.25) is 0 Å². The maximum Gasteiger partial charge on any atom is 0.416 e. The zero-order valence-corrected chi connectivity index (χ0v) is 17.6. The summed E-state index contributed by atoms with van der Waals surface area (Å²) in [4.78, 5) is 20.8. The van der Waals surface area contributed by atoms with Crippen molar-refractivity contribution in [1.29, 1.82) is 0 Å². The number of nitrogens with zero attached hydrogens (tertiary/aromatic N) is 5. The molecule has 0 radical (unpaired) electrons. The Morgan fingerprint density at radius 1 is 1.16 bits per heavy atom. The van der Waals surface area contributed by atoms with Crippen LogP contribution < -0.4 is 4.90 Å². The van der Waals surface area contributed by atoms with Gasteiger partial charge < -0.3 is 9.80 Å². The maximum atomic E-state index is 13.0. The summed E-state index contributed by atoms with van der Waals surface area (Å²) in [7, 11) is 3.61. The van der Waals surface area contributed by atoms with E-state index in [0.717, 1.165) is 36.4 Å². The minimum atomic E-state index is -4.40. The summed E-state index contributed by atoms with van der Waals surface area (Å²) in [6.07, 6.45) is -1.33. The Balaban J connectivity index is 1.48. The number of amides is 1. The van der Waals surface area contributed by atoms with E-state index >= 15 is 0 Å². The smallest absolute Gasteiger partial charge is 0.371 e. The SMILES string of the molecule is Cc1cc(C(=O)N(C)C2CCN(c3ccnc4cc(C(F)(F)F)ccc34)CC2)nn1C. The van der Waals surface area contributed by atoms with Gasteiger partial charge in [0, 0.05) is 56.2 Å². The fourth-order valence-electron chi connectivity index (χ4n) is 4.09. The molecule has 0 atom stereocenters. The highest BCUT2D eigenvalue weighted by Gasteiger charge is 2.31. The van der Waals surface area contributed by atoms with Gasteiger partial charge >= 0.3 is 6.18 Å². The number of carbonyl (C=O) groups is 1. The third-order valence-corrected chi connectivity index (χ3v) is 6.05. The van der Waals surface area contributed by atoms with E-state index < -0.39 is 11.7 Å². The van der Waals surface area contributed by atoms with Crippen molar-refractivity contribution in [3.05, 3.63) is 53.5 Å². The van der Waals surface area contributed by atoms with Crippen molar-refractivity contribution in [2.45, 2.75) is 32.0 Å². The molecular weight excluding hydrogens is 407 g/mol. The molecule has 6 nitrogen and oxygen atoms in total. The number of halogens is 3. The second-order valence-corrected chi connectivity index (χ2v) is 7.99. The van der Waals surface area contributed by atoms with Crippen molar-refractivity contribution in [1.82, 2.24) is 19.7 Å². The second-order valence-electron chi connectivity index (χ2n) is 7.99. The molecule has 1 amide bonds. The van der Waals surface area contributed by atoms with Gasteiger partial charge in [-0.3, -0.25) is 14.5 Å².